The van der Waals surface area contributed by atoms with Gasteiger partial charge >= 0.3 is 0 Å². The summed E-state index contributed by atoms with van der Waals surface area (Å²) in [6.07, 6.45) is 0.00787. The lowest BCUT2D eigenvalue weighted by Gasteiger charge is -2.30. The first-order valence-corrected chi connectivity index (χ1v) is 6.76. The van der Waals surface area contributed by atoms with Crippen LogP contribution < -0.4 is 9.64 Å². The number of aryl methyl sites for hydroxylation is 1. The highest BCUT2D eigenvalue weighted by Gasteiger charge is 2.14. The third-order valence-electron chi connectivity index (χ3n) is 3.26. The number of nitrogens with zero attached hydrogens (tertiary/aromatic N) is 1. The lowest BCUT2D eigenvalue weighted by Crippen LogP contribution is -2.37. The van der Waals surface area contributed by atoms with Crippen molar-refractivity contribution >= 4 is 5.69 Å². The van der Waals surface area contributed by atoms with E-state index in [0.29, 0.717) is 0 Å². The van der Waals surface area contributed by atoms with E-state index in [1.807, 2.05) is 24.3 Å². The Morgan fingerprint density at radius 1 is 1.00 bits per heavy atom. The van der Waals surface area contributed by atoms with Crippen LogP contribution in [0.1, 0.15) is 19.4 Å². The molecule has 0 aromatic heterocycles. The molecule has 0 aliphatic carbocycles. The molecular weight excluding hydrogens is 234 g/mol. The van der Waals surface area contributed by atoms with Crippen LogP contribution in [0.5, 0.6) is 5.75 Å². The predicted octanol–water partition coefficient (Wildman–Crippen LogP) is 4.25. The van der Waals surface area contributed by atoms with E-state index in [9.17, 15) is 0 Å². The van der Waals surface area contributed by atoms with Gasteiger partial charge < -0.3 is 9.64 Å². The van der Waals surface area contributed by atoms with Crippen molar-refractivity contribution in [1.29, 1.82) is 0 Å². The van der Waals surface area contributed by atoms with Crippen molar-refractivity contribution in [3.05, 3.63) is 60.2 Å². The van der Waals surface area contributed by atoms with Crippen LogP contribution in [0, 0.1) is 6.92 Å². The Morgan fingerprint density at radius 2 is 1.63 bits per heavy atom. The van der Waals surface area contributed by atoms with Gasteiger partial charge in [-0.15, -0.1) is 0 Å². The van der Waals surface area contributed by atoms with Crippen LogP contribution >= 0.6 is 0 Å². The Morgan fingerprint density at radius 3 is 2.26 bits per heavy atom. The average molecular weight is 255 g/mol. The second-order valence-corrected chi connectivity index (χ2v) is 4.60. The van der Waals surface area contributed by atoms with Gasteiger partial charge in [-0.25, -0.2) is 0 Å². The maximum atomic E-state index is 6.08. The van der Waals surface area contributed by atoms with Gasteiger partial charge in [-0.05, 0) is 44.5 Å². The molecule has 2 aromatic carbocycles. The van der Waals surface area contributed by atoms with Gasteiger partial charge in [-0.2, -0.15) is 0 Å². The molecule has 2 nitrogen and oxygen atoms in total. The fourth-order valence-corrected chi connectivity index (χ4v) is 2.21. The standard InChI is InChI=1S/C17H21NO/c1-4-18(16-11-6-5-7-12-16)15(3)19-17-13-9-8-10-14(17)2/h5-13,15H,4H2,1-3H3. The summed E-state index contributed by atoms with van der Waals surface area (Å²) in [6.45, 7) is 7.21. The highest BCUT2D eigenvalue weighted by molar-refractivity contribution is 5.46. The first-order chi connectivity index (χ1) is 9.22. The number of hydrogen-bond acceptors (Lipinski definition) is 2. The van der Waals surface area contributed by atoms with E-state index < -0.39 is 0 Å². The van der Waals surface area contributed by atoms with Crippen LogP contribution in [0.15, 0.2) is 54.6 Å². The molecule has 0 radical (unpaired) electrons. The summed E-state index contributed by atoms with van der Waals surface area (Å²) in [5, 5.41) is 0. The van der Waals surface area contributed by atoms with Gasteiger partial charge in [-0.1, -0.05) is 36.4 Å². The molecule has 0 spiro atoms. The number of hydrogen-bond donors (Lipinski definition) is 0. The molecule has 1 atom stereocenters. The van der Waals surface area contributed by atoms with E-state index in [2.05, 4.69) is 56.0 Å². The smallest absolute Gasteiger partial charge is 0.169 e. The van der Waals surface area contributed by atoms with Crippen LogP contribution in [0.25, 0.3) is 0 Å². The zero-order chi connectivity index (χ0) is 13.7. The molecule has 2 aromatic rings. The summed E-state index contributed by atoms with van der Waals surface area (Å²) < 4.78 is 6.08. The summed E-state index contributed by atoms with van der Waals surface area (Å²) in [5.41, 5.74) is 2.35. The summed E-state index contributed by atoms with van der Waals surface area (Å²) in [6, 6.07) is 18.5. The van der Waals surface area contributed by atoms with Gasteiger partial charge in [0.05, 0.1) is 0 Å². The van der Waals surface area contributed by atoms with E-state index in [0.717, 1.165) is 12.3 Å². The molecule has 0 saturated heterocycles. The molecule has 2 rings (SSSR count). The molecule has 2 heteroatoms. The summed E-state index contributed by atoms with van der Waals surface area (Å²) in [5.74, 6) is 0.949. The molecule has 0 N–H and O–H groups in total. The molecule has 0 amide bonds. The Bertz CT molecular complexity index is 510. The Hall–Kier alpha value is -1.96. The fourth-order valence-electron chi connectivity index (χ4n) is 2.21. The maximum Gasteiger partial charge on any atom is 0.169 e. The lowest BCUT2D eigenvalue weighted by molar-refractivity contribution is 0.215. The zero-order valence-corrected chi connectivity index (χ0v) is 11.8. The van der Waals surface area contributed by atoms with Gasteiger partial charge in [0.1, 0.15) is 5.75 Å². The monoisotopic (exact) mass is 255 g/mol. The second-order valence-electron chi connectivity index (χ2n) is 4.60. The maximum absolute atomic E-state index is 6.08. The minimum absolute atomic E-state index is 0.00787. The van der Waals surface area contributed by atoms with E-state index in [1.54, 1.807) is 0 Å². The van der Waals surface area contributed by atoms with Gasteiger partial charge in [0.25, 0.3) is 0 Å². The van der Waals surface area contributed by atoms with Crippen molar-refractivity contribution in [2.75, 3.05) is 11.4 Å². The largest absolute Gasteiger partial charge is 0.471 e. The van der Waals surface area contributed by atoms with Crippen molar-refractivity contribution in [3.8, 4) is 5.75 Å². The molecule has 0 fully saturated rings. The number of benzene rings is 2. The molecule has 0 bridgehead atoms. The zero-order valence-electron chi connectivity index (χ0n) is 11.8. The van der Waals surface area contributed by atoms with Crippen molar-refractivity contribution in [2.24, 2.45) is 0 Å². The molecule has 0 heterocycles. The van der Waals surface area contributed by atoms with Crippen molar-refractivity contribution in [1.82, 2.24) is 0 Å². The second kappa shape index (κ2) is 6.28. The van der Waals surface area contributed by atoms with Crippen LogP contribution in [0.2, 0.25) is 0 Å². The molecule has 0 aliphatic heterocycles. The highest BCUT2D eigenvalue weighted by Crippen LogP contribution is 2.22. The summed E-state index contributed by atoms with van der Waals surface area (Å²) in [7, 11) is 0. The van der Waals surface area contributed by atoms with Gasteiger partial charge in [-0.3, -0.25) is 0 Å². The minimum atomic E-state index is 0.00787. The van der Waals surface area contributed by atoms with E-state index >= 15 is 0 Å². The molecule has 0 aliphatic rings. The van der Waals surface area contributed by atoms with Gasteiger partial charge in [0, 0.05) is 12.2 Å². The predicted molar refractivity (Wildman–Crippen MR) is 80.7 cm³/mol. The number of para-hydroxylation sites is 2. The van der Waals surface area contributed by atoms with Crippen molar-refractivity contribution in [3.63, 3.8) is 0 Å². The molecule has 19 heavy (non-hydrogen) atoms. The third-order valence-corrected chi connectivity index (χ3v) is 3.26. The first-order valence-electron chi connectivity index (χ1n) is 6.76. The minimum Gasteiger partial charge on any atom is -0.471 e. The SMILES string of the molecule is CCN(c1ccccc1)C(C)Oc1ccccc1C. The molecule has 100 valence electrons. The van der Waals surface area contributed by atoms with E-state index in [-0.39, 0.29) is 6.23 Å². The third kappa shape index (κ3) is 3.28. The number of anilines is 1. The van der Waals surface area contributed by atoms with Gasteiger partial charge in [0.15, 0.2) is 6.23 Å². The Balaban J connectivity index is 2.14. The molecule has 1 unspecified atom stereocenters. The topological polar surface area (TPSA) is 12.5 Å². The summed E-state index contributed by atoms with van der Waals surface area (Å²) in [4.78, 5) is 2.24. The van der Waals surface area contributed by atoms with E-state index in [1.165, 1.54) is 11.3 Å². The van der Waals surface area contributed by atoms with Gasteiger partial charge in [0.2, 0.25) is 0 Å². The number of rotatable bonds is 5. The van der Waals surface area contributed by atoms with Crippen LogP contribution in [0.4, 0.5) is 5.69 Å². The summed E-state index contributed by atoms with van der Waals surface area (Å²) >= 11 is 0. The normalized spacial score (nSPS) is 11.9. The first kappa shape index (κ1) is 13.5. The quantitative estimate of drug-likeness (QED) is 0.741. The lowest BCUT2D eigenvalue weighted by atomic mass is 10.2. The Labute approximate surface area is 115 Å². The van der Waals surface area contributed by atoms with Crippen LogP contribution in [0.3, 0.4) is 0 Å². The van der Waals surface area contributed by atoms with Crippen LogP contribution in [-0.4, -0.2) is 12.8 Å². The molecule has 0 saturated carbocycles. The molecular formula is C17H21NO. The highest BCUT2D eigenvalue weighted by atomic mass is 16.5. The number of ether oxygens (including phenoxy) is 1. The van der Waals surface area contributed by atoms with Crippen molar-refractivity contribution < 1.29 is 4.74 Å². The van der Waals surface area contributed by atoms with E-state index in [4.69, 9.17) is 4.74 Å². The van der Waals surface area contributed by atoms with Crippen LogP contribution in [-0.2, 0) is 0 Å². The average Bonchev–Trinajstić information content (AvgIpc) is 2.43. The van der Waals surface area contributed by atoms with Crippen molar-refractivity contribution in [2.45, 2.75) is 27.0 Å². The Kier molecular flexibility index (Phi) is 4.45. The fraction of sp³-hybridized carbons (Fsp3) is 0.294.